The van der Waals surface area contributed by atoms with E-state index in [2.05, 4.69) is 16.3 Å². The normalized spacial score (nSPS) is 19.9. The molecule has 0 aliphatic carbocycles. The first-order valence-corrected chi connectivity index (χ1v) is 9.09. The van der Waals surface area contributed by atoms with Gasteiger partial charge in [-0.1, -0.05) is 17.7 Å². The van der Waals surface area contributed by atoms with E-state index in [1.165, 1.54) is 12.8 Å². The van der Waals surface area contributed by atoms with Crippen LogP contribution in [0.3, 0.4) is 0 Å². The molecule has 0 aromatic heterocycles. The lowest BCUT2D eigenvalue weighted by molar-refractivity contribution is -0.131. The number of piperidine rings is 1. The minimum Gasteiger partial charge on any atom is -0.368 e. The second kappa shape index (κ2) is 8.02. The van der Waals surface area contributed by atoms with Crippen LogP contribution in [0.5, 0.6) is 0 Å². The highest BCUT2D eigenvalue weighted by Gasteiger charge is 2.22. The average molecular weight is 336 g/mol. The number of nitrogens with one attached hydrogen (secondary N) is 1. The average Bonchev–Trinajstić information content (AvgIpc) is 2.61. The van der Waals surface area contributed by atoms with Gasteiger partial charge in [0.05, 0.1) is 0 Å². The Hall–Kier alpha value is -1.26. The van der Waals surface area contributed by atoms with Crippen molar-refractivity contribution in [2.24, 2.45) is 5.92 Å². The summed E-state index contributed by atoms with van der Waals surface area (Å²) >= 11 is 6.06. The molecule has 0 radical (unpaired) electrons. The molecular weight excluding hydrogens is 310 g/mol. The molecule has 0 atom stereocenters. The predicted octanol–water partition coefficient (Wildman–Crippen LogP) is 2.77. The Morgan fingerprint density at radius 2 is 1.91 bits per heavy atom. The van der Waals surface area contributed by atoms with Crippen molar-refractivity contribution in [3.8, 4) is 0 Å². The number of nitrogens with zero attached hydrogens (tertiary/aromatic N) is 2. The molecule has 126 valence electrons. The van der Waals surface area contributed by atoms with Gasteiger partial charge in [-0.15, -0.1) is 0 Å². The van der Waals surface area contributed by atoms with E-state index in [9.17, 15) is 4.79 Å². The van der Waals surface area contributed by atoms with Gasteiger partial charge in [-0.05, 0) is 56.5 Å². The summed E-state index contributed by atoms with van der Waals surface area (Å²) < 4.78 is 0. The lowest BCUT2D eigenvalue weighted by atomic mass is 9.93. The molecule has 2 heterocycles. The number of amides is 1. The summed E-state index contributed by atoms with van der Waals surface area (Å²) in [4.78, 5) is 16.7. The molecule has 2 aliphatic rings. The van der Waals surface area contributed by atoms with Crippen LogP contribution in [0.1, 0.15) is 25.7 Å². The minimum absolute atomic E-state index is 0.328. The molecule has 2 aliphatic heterocycles. The Labute approximate surface area is 143 Å². The van der Waals surface area contributed by atoms with Crippen LogP contribution >= 0.6 is 11.6 Å². The van der Waals surface area contributed by atoms with E-state index in [1.807, 2.05) is 23.1 Å². The van der Waals surface area contributed by atoms with Gasteiger partial charge in [0.1, 0.15) is 0 Å². The number of hydrogen-bond donors (Lipinski definition) is 1. The van der Waals surface area contributed by atoms with Crippen molar-refractivity contribution in [2.45, 2.75) is 25.7 Å². The van der Waals surface area contributed by atoms with E-state index in [0.717, 1.165) is 62.3 Å². The lowest BCUT2D eigenvalue weighted by Gasteiger charge is -2.36. The number of halogens is 1. The summed E-state index contributed by atoms with van der Waals surface area (Å²) in [6, 6.07) is 7.95. The fourth-order valence-electron chi connectivity index (χ4n) is 3.54. The molecule has 0 spiro atoms. The van der Waals surface area contributed by atoms with E-state index in [1.54, 1.807) is 0 Å². The first-order chi connectivity index (χ1) is 11.2. The van der Waals surface area contributed by atoms with Gasteiger partial charge in [-0.3, -0.25) is 4.79 Å². The zero-order chi connectivity index (χ0) is 16.1. The molecule has 23 heavy (non-hydrogen) atoms. The van der Waals surface area contributed by atoms with Crippen LogP contribution in [0.2, 0.25) is 5.02 Å². The maximum Gasteiger partial charge on any atom is 0.222 e. The van der Waals surface area contributed by atoms with E-state index in [4.69, 9.17) is 11.6 Å². The smallest absolute Gasteiger partial charge is 0.222 e. The van der Waals surface area contributed by atoms with Gasteiger partial charge in [-0.25, -0.2) is 0 Å². The Morgan fingerprint density at radius 1 is 1.17 bits per heavy atom. The summed E-state index contributed by atoms with van der Waals surface area (Å²) in [7, 11) is 0. The van der Waals surface area contributed by atoms with Gasteiger partial charge in [0, 0.05) is 43.3 Å². The third kappa shape index (κ3) is 4.61. The van der Waals surface area contributed by atoms with Crippen LogP contribution in [0.15, 0.2) is 24.3 Å². The highest BCUT2D eigenvalue weighted by molar-refractivity contribution is 6.30. The number of piperazine rings is 1. The molecule has 2 fully saturated rings. The monoisotopic (exact) mass is 335 g/mol. The SMILES string of the molecule is O=C(CCC1CCNCC1)N1CCN(c2cccc(Cl)c2)CC1. The highest BCUT2D eigenvalue weighted by Crippen LogP contribution is 2.22. The molecule has 2 saturated heterocycles. The van der Waals surface area contributed by atoms with E-state index >= 15 is 0 Å². The lowest BCUT2D eigenvalue weighted by Crippen LogP contribution is -2.48. The summed E-state index contributed by atoms with van der Waals surface area (Å²) in [5.41, 5.74) is 1.15. The van der Waals surface area contributed by atoms with Crippen molar-refractivity contribution in [1.29, 1.82) is 0 Å². The molecule has 5 heteroatoms. The maximum atomic E-state index is 12.4. The van der Waals surface area contributed by atoms with Crippen molar-refractivity contribution < 1.29 is 4.79 Å². The third-order valence-electron chi connectivity index (χ3n) is 5.03. The molecule has 0 saturated carbocycles. The Morgan fingerprint density at radius 3 is 2.61 bits per heavy atom. The molecule has 3 rings (SSSR count). The van der Waals surface area contributed by atoms with Crippen LogP contribution in [0, 0.1) is 5.92 Å². The predicted molar refractivity (Wildman–Crippen MR) is 95.1 cm³/mol. The first kappa shape index (κ1) is 16.6. The zero-order valence-corrected chi connectivity index (χ0v) is 14.4. The number of hydrogen-bond acceptors (Lipinski definition) is 3. The van der Waals surface area contributed by atoms with Gasteiger partial charge >= 0.3 is 0 Å². The second-order valence-electron chi connectivity index (χ2n) is 6.58. The van der Waals surface area contributed by atoms with Crippen molar-refractivity contribution in [3.63, 3.8) is 0 Å². The fraction of sp³-hybridized carbons (Fsp3) is 0.611. The number of carbonyl (C=O) groups excluding carboxylic acids is 1. The van der Waals surface area contributed by atoms with Crippen molar-refractivity contribution in [2.75, 3.05) is 44.2 Å². The van der Waals surface area contributed by atoms with Gasteiger partial charge in [-0.2, -0.15) is 0 Å². The van der Waals surface area contributed by atoms with Gasteiger partial charge in [0.2, 0.25) is 5.91 Å². The minimum atomic E-state index is 0.328. The van der Waals surface area contributed by atoms with Gasteiger partial charge < -0.3 is 15.1 Å². The van der Waals surface area contributed by atoms with Crippen molar-refractivity contribution >= 4 is 23.2 Å². The Kier molecular flexibility index (Phi) is 5.79. The third-order valence-corrected chi connectivity index (χ3v) is 5.27. The van der Waals surface area contributed by atoms with Crippen molar-refractivity contribution in [3.05, 3.63) is 29.3 Å². The van der Waals surface area contributed by atoms with Crippen LogP contribution in [0.4, 0.5) is 5.69 Å². The molecule has 0 unspecified atom stereocenters. The standard InChI is InChI=1S/C18H26ClN3O/c19-16-2-1-3-17(14-16)21-10-12-22(13-11-21)18(23)5-4-15-6-8-20-9-7-15/h1-3,14-15,20H,4-13H2. The molecule has 1 aromatic rings. The number of benzene rings is 1. The highest BCUT2D eigenvalue weighted by atomic mass is 35.5. The molecule has 1 amide bonds. The fourth-order valence-corrected chi connectivity index (χ4v) is 3.73. The zero-order valence-electron chi connectivity index (χ0n) is 13.6. The van der Waals surface area contributed by atoms with E-state index in [-0.39, 0.29) is 0 Å². The van der Waals surface area contributed by atoms with E-state index < -0.39 is 0 Å². The van der Waals surface area contributed by atoms with E-state index in [0.29, 0.717) is 12.3 Å². The molecule has 0 bridgehead atoms. The van der Waals surface area contributed by atoms with Crippen LogP contribution in [-0.2, 0) is 4.79 Å². The number of carbonyl (C=O) groups is 1. The van der Waals surface area contributed by atoms with Gasteiger partial charge in [0.25, 0.3) is 0 Å². The summed E-state index contributed by atoms with van der Waals surface area (Å²) in [5.74, 6) is 1.06. The topological polar surface area (TPSA) is 35.6 Å². The second-order valence-corrected chi connectivity index (χ2v) is 7.02. The molecule has 1 aromatic carbocycles. The van der Waals surface area contributed by atoms with Crippen LogP contribution in [-0.4, -0.2) is 50.1 Å². The van der Waals surface area contributed by atoms with Crippen molar-refractivity contribution in [1.82, 2.24) is 10.2 Å². The first-order valence-electron chi connectivity index (χ1n) is 8.71. The van der Waals surface area contributed by atoms with Gasteiger partial charge in [0.15, 0.2) is 0 Å². The Bertz CT molecular complexity index is 523. The molecule has 1 N–H and O–H groups in total. The van der Waals surface area contributed by atoms with Crippen LogP contribution in [0.25, 0.3) is 0 Å². The summed E-state index contributed by atoms with van der Waals surface area (Å²) in [5, 5.41) is 4.15. The Balaban J connectivity index is 1.43. The number of anilines is 1. The quantitative estimate of drug-likeness (QED) is 0.919. The molecule has 4 nitrogen and oxygen atoms in total. The number of rotatable bonds is 4. The largest absolute Gasteiger partial charge is 0.368 e. The maximum absolute atomic E-state index is 12.4. The summed E-state index contributed by atoms with van der Waals surface area (Å²) in [6.45, 7) is 5.63. The summed E-state index contributed by atoms with van der Waals surface area (Å²) in [6.07, 6.45) is 4.20. The molecular formula is C18H26ClN3O. The van der Waals surface area contributed by atoms with Crippen LogP contribution < -0.4 is 10.2 Å².